The normalized spacial score (nSPS) is 17.0. The molecule has 160 valence electrons. The van der Waals surface area contributed by atoms with Crippen molar-refractivity contribution < 1.29 is 9.13 Å². The molecule has 1 unspecified atom stereocenters. The number of methoxy groups -OCH3 is 1. The van der Waals surface area contributed by atoms with Gasteiger partial charge in [-0.3, -0.25) is 18.5 Å². The number of fused-ring (bicyclic) bond motifs is 1. The van der Waals surface area contributed by atoms with Crippen LogP contribution in [0.2, 0.25) is 0 Å². The van der Waals surface area contributed by atoms with Crippen molar-refractivity contribution >= 4 is 17.1 Å². The fourth-order valence-electron chi connectivity index (χ4n) is 4.06. The van der Waals surface area contributed by atoms with Crippen molar-refractivity contribution in [3.05, 3.63) is 50.4 Å². The Bertz CT molecular complexity index is 1230. The molecule has 1 aromatic carbocycles. The second-order valence-electron chi connectivity index (χ2n) is 7.68. The molecular weight excluding hydrogens is 391 g/mol. The number of benzene rings is 1. The highest BCUT2D eigenvalue weighted by molar-refractivity contribution is 5.75. The lowest BCUT2D eigenvalue weighted by Gasteiger charge is -2.32. The maximum atomic E-state index is 14.0. The summed E-state index contributed by atoms with van der Waals surface area (Å²) >= 11 is 0. The maximum Gasteiger partial charge on any atom is 0.332 e. The molecule has 0 bridgehead atoms. The average molecular weight is 416 g/mol. The summed E-state index contributed by atoms with van der Waals surface area (Å²) in [6, 6.07) is 4.24. The average Bonchev–Trinajstić information content (AvgIpc) is 3.10. The SMILES string of the molecule is COc1ccc(F)cc1Cn1c(N2CCCC(N)C2)nc2c1c(=O)n(C)c(=O)n2C. The molecule has 0 radical (unpaired) electrons. The van der Waals surface area contributed by atoms with Gasteiger partial charge in [0.25, 0.3) is 5.56 Å². The zero-order valence-corrected chi connectivity index (χ0v) is 17.3. The summed E-state index contributed by atoms with van der Waals surface area (Å²) in [5, 5.41) is 0. The van der Waals surface area contributed by atoms with E-state index in [1.54, 1.807) is 17.7 Å². The number of aryl methyl sites for hydroxylation is 1. The maximum absolute atomic E-state index is 14.0. The quantitative estimate of drug-likeness (QED) is 0.667. The molecule has 0 amide bonds. The molecule has 2 aromatic heterocycles. The fourth-order valence-corrected chi connectivity index (χ4v) is 4.06. The monoisotopic (exact) mass is 416 g/mol. The number of imidazole rings is 1. The molecule has 2 N–H and O–H groups in total. The summed E-state index contributed by atoms with van der Waals surface area (Å²) in [4.78, 5) is 32.1. The second-order valence-corrected chi connectivity index (χ2v) is 7.68. The van der Waals surface area contributed by atoms with Crippen LogP contribution < -0.4 is 26.6 Å². The summed E-state index contributed by atoms with van der Waals surface area (Å²) in [5.74, 6) is 0.628. The van der Waals surface area contributed by atoms with Crippen LogP contribution in [-0.4, -0.2) is 44.9 Å². The third-order valence-corrected chi connectivity index (χ3v) is 5.64. The molecule has 4 rings (SSSR count). The minimum absolute atomic E-state index is 0.0117. The fraction of sp³-hybridized carbons (Fsp3) is 0.450. The molecular formula is C20H25FN6O3. The van der Waals surface area contributed by atoms with Gasteiger partial charge in [-0.15, -0.1) is 0 Å². The Morgan fingerprint density at radius 2 is 2.03 bits per heavy atom. The van der Waals surface area contributed by atoms with Crippen LogP contribution in [0.1, 0.15) is 18.4 Å². The van der Waals surface area contributed by atoms with Gasteiger partial charge in [0.1, 0.15) is 11.6 Å². The van der Waals surface area contributed by atoms with Crippen LogP contribution in [0.4, 0.5) is 10.3 Å². The third kappa shape index (κ3) is 3.26. The Balaban J connectivity index is 1.98. The number of nitrogens with zero attached hydrogens (tertiary/aromatic N) is 5. The molecule has 0 spiro atoms. The number of piperidine rings is 1. The zero-order valence-electron chi connectivity index (χ0n) is 17.3. The van der Waals surface area contributed by atoms with Gasteiger partial charge in [-0.05, 0) is 31.0 Å². The highest BCUT2D eigenvalue weighted by Crippen LogP contribution is 2.27. The van der Waals surface area contributed by atoms with E-state index in [0.717, 1.165) is 24.0 Å². The van der Waals surface area contributed by atoms with Gasteiger partial charge in [0.15, 0.2) is 11.2 Å². The van der Waals surface area contributed by atoms with Crippen molar-refractivity contribution in [1.82, 2.24) is 18.7 Å². The number of hydrogen-bond donors (Lipinski definition) is 1. The molecule has 3 heterocycles. The van der Waals surface area contributed by atoms with Crippen LogP contribution in [0.25, 0.3) is 11.2 Å². The Kier molecular flexibility index (Phi) is 5.10. The van der Waals surface area contributed by atoms with Crippen LogP contribution in [0.15, 0.2) is 27.8 Å². The Morgan fingerprint density at radius 1 is 1.27 bits per heavy atom. The van der Waals surface area contributed by atoms with Gasteiger partial charge in [-0.25, -0.2) is 9.18 Å². The molecule has 9 nitrogen and oxygen atoms in total. The van der Waals surface area contributed by atoms with E-state index >= 15 is 0 Å². The van der Waals surface area contributed by atoms with E-state index in [1.165, 1.54) is 30.9 Å². The standard InChI is InChI=1S/C20H25FN6O3/c1-24-17-16(18(28)25(2)20(24)29)27(10-12-9-13(21)6-7-15(12)30-3)19(23-17)26-8-4-5-14(22)11-26/h6-7,9,14H,4-5,8,10-11,22H2,1-3H3. The van der Waals surface area contributed by atoms with Gasteiger partial charge in [0, 0.05) is 38.8 Å². The number of halogens is 1. The van der Waals surface area contributed by atoms with Gasteiger partial charge in [-0.2, -0.15) is 4.98 Å². The van der Waals surface area contributed by atoms with Crippen LogP contribution in [0.3, 0.4) is 0 Å². The van der Waals surface area contributed by atoms with E-state index in [4.69, 9.17) is 10.5 Å². The van der Waals surface area contributed by atoms with Gasteiger partial charge in [0.05, 0.1) is 13.7 Å². The summed E-state index contributed by atoms with van der Waals surface area (Å²) in [6.07, 6.45) is 1.80. The van der Waals surface area contributed by atoms with E-state index in [0.29, 0.717) is 23.8 Å². The lowest BCUT2D eigenvalue weighted by Crippen LogP contribution is -2.44. The summed E-state index contributed by atoms with van der Waals surface area (Å²) < 4.78 is 23.5. The number of rotatable bonds is 4. The molecule has 30 heavy (non-hydrogen) atoms. The Morgan fingerprint density at radius 3 is 2.73 bits per heavy atom. The number of aromatic nitrogens is 4. The smallest absolute Gasteiger partial charge is 0.332 e. The van der Waals surface area contributed by atoms with Crippen molar-refractivity contribution in [3.8, 4) is 5.75 Å². The van der Waals surface area contributed by atoms with Gasteiger partial charge in [-0.1, -0.05) is 0 Å². The molecule has 1 aliphatic heterocycles. The molecule has 0 aliphatic carbocycles. The summed E-state index contributed by atoms with van der Waals surface area (Å²) in [7, 11) is 4.52. The largest absolute Gasteiger partial charge is 0.496 e. The molecule has 1 fully saturated rings. The Hall–Kier alpha value is -3.14. The topological polar surface area (TPSA) is 100 Å². The van der Waals surface area contributed by atoms with Gasteiger partial charge < -0.3 is 15.4 Å². The van der Waals surface area contributed by atoms with Crippen LogP contribution >= 0.6 is 0 Å². The molecule has 1 atom stereocenters. The van der Waals surface area contributed by atoms with E-state index in [9.17, 15) is 14.0 Å². The van der Waals surface area contributed by atoms with E-state index in [-0.39, 0.29) is 23.8 Å². The first-order chi connectivity index (χ1) is 14.3. The molecule has 10 heteroatoms. The third-order valence-electron chi connectivity index (χ3n) is 5.64. The van der Waals surface area contributed by atoms with Crippen molar-refractivity contribution in [3.63, 3.8) is 0 Å². The number of nitrogens with two attached hydrogens (primary N) is 1. The predicted molar refractivity (Wildman–Crippen MR) is 112 cm³/mol. The molecule has 1 aliphatic rings. The number of hydrogen-bond acceptors (Lipinski definition) is 6. The van der Waals surface area contributed by atoms with Crippen molar-refractivity contribution in [2.75, 3.05) is 25.1 Å². The first-order valence-corrected chi connectivity index (χ1v) is 9.81. The lowest BCUT2D eigenvalue weighted by molar-refractivity contribution is 0.407. The van der Waals surface area contributed by atoms with Gasteiger partial charge in [0.2, 0.25) is 5.95 Å². The second kappa shape index (κ2) is 7.60. The first-order valence-electron chi connectivity index (χ1n) is 9.81. The minimum Gasteiger partial charge on any atom is -0.496 e. The Labute approximate surface area is 172 Å². The van der Waals surface area contributed by atoms with E-state index < -0.39 is 17.1 Å². The van der Waals surface area contributed by atoms with E-state index in [1.807, 2.05) is 4.90 Å². The molecule has 3 aromatic rings. The van der Waals surface area contributed by atoms with Crippen molar-refractivity contribution in [1.29, 1.82) is 0 Å². The number of ether oxygens (including phenoxy) is 1. The first kappa shape index (κ1) is 20.1. The highest BCUT2D eigenvalue weighted by atomic mass is 19.1. The van der Waals surface area contributed by atoms with Crippen LogP contribution in [0, 0.1) is 5.82 Å². The molecule has 0 saturated carbocycles. The predicted octanol–water partition coefficient (Wildman–Crippen LogP) is 0.557. The number of anilines is 1. The zero-order chi connectivity index (χ0) is 21.6. The lowest BCUT2D eigenvalue weighted by atomic mass is 10.1. The van der Waals surface area contributed by atoms with Crippen molar-refractivity contribution in [2.24, 2.45) is 19.8 Å². The van der Waals surface area contributed by atoms with Crippen molar-refractivity contribution in [2.45, 2.75) is 25.4 Å². The highest BCUT2D eigenvalue weighted by Gasteiger charge is 2.26. The minimum atomic E-state index is -0.456. The summed E-state index contributed by atoms with van der Waals surface area (Å²) in [6.45, 7) is 1.47. The van der Waals surface area contributed by atoms with E-state index in [2.05, 4.69) is 4.98 Å². The summed E-state index contributed by atoms with van der Waals surface area (Å²) in [5.41, 5.74) is 6.38. The van der Waals surface area contributed by atoms with Gasteiger partial charge >= 0.3 is 5.69 Å². The van der Waals surface area contributed by atoms with Crippen LogP contribution in [0.5, 0.6) is 5.75 Å². The van der Waals surface area contributed by atoms with Crippen LogP contribution in [-0.2, 0) is 20.6 Å². The molecule has 1 saturated heterocycles.